The highest BCUT2D eigenvalue weighted by Gasteiger charge is 2.30. The molecule has 0 N–H and O–H groups in total. The second-order valence-corrected chi connectivity index (χ2v) is 3.55. The Hall–Kier alpha value is -1.96. The van der Waals surface area contributed by atoms with Crippen molar-refractivity contribution in [1.29, 1.82) is 0 Å². The zero-order valence-corrected chi connectivity index (χ0v) is 8.49. The number of hydrogen-bond donors (Lipinski definition) is 0. The number of aromatic nitrogens is 5. The average Bonchev–Trinajstić information content (AvgIpc) is 3.03. The summed E-state index contributed by atoms with van der Waals surface area (Å²) in [5.41, 5.74) is 0.338. The van der Waals surface area contributed by atoms with Gasteiger partial charge in [-0.15, -0.1) is 5.10 Å². The van der Waals surface area contributed by atoms with Gasteiger partial charge in [-0.25, -0.2) is 13.8 Å². The van der Waals surface area contributed by atoms with Crippen molar-refractivity contribution < 1.29 is 13.5 Å². The number of hydrogen-bond acceptors (Lipinski definition) is 5. The Morgan fingerprint density at radius 2 is 2.29 bits per heavy atom. The lowest BCUT2D eigenvalue weighted by molar-refractivity contribution is 0.149. The van der Waals surface area contributed by atoms with Crippen LogP contribution in [0.3, 0.4) is 0 Å². The molecule has 0 saturated carbocycles. The third-order valence-electron chi connectivity index (χ3n) is 2.45. The molecule has 1 saturated heterocycles. The summed E-state index contributed by atoms with van der Waals surface area (Å²) in [5, 5.41) is 10.4. The van der Waals surface area contributed by atoms with Gasteiger partial charge in [0.15, 0.2) is 5.82 Å². The maximum Gasteiger partial charge on any atom is 0.264 e. The first kappa shape index (κ1) is 10.2. The molecule has 6 nitrogen and oxygen atoms in total. The molecule has 1 fully saturated rings. The van der Waals surface area contributed by atoms with Crippen molar-refractivity contribution in [2.24, 2.45) is 0 Å². The van der Waals surface area contributed by atoms with Gasteiger partial charge < -0.3 is 4.74 Å². The summed E-state index contributed by atoms with van der Waals surface area (Å²) in [6.45, 7) is 0.464. The third-order valence-corrected chi connectivity index (χ3v) is 2.45. The molecule has 1 atom stereocenters. The quantitative estimate of drug-likeness (QED) is 0.749. The number of alkyl halides is 2. The summed E-state index contributed by atoms with van der Waals surface area (Å²) >= 11 is 0. The standard InChI is InChI=1S/C9H7F2N5O/c10-9(11)5-1-8(16-4-13-14-15-16)12-2-6(5)7-3-17-7/h1-2,4,7,9H,3H2/t7-/m0/s1. The van der Waals surface area contributed by atoms with Crippen LogP contribution in [0.15, 0.2) is 18.6 Å². The number of ether oxygens (including phenoxy) is 1. The minimum absolute atomic E-state index is 0.0898. The van der Waals surface area contributed by atoms with Crippen LogP contribution >= 0.6 is 0 Å². The van der Waals surface area contributed by atoms with Crippen LogP contribution in [0.4, 0.5) is 8.78 Å². The number of halogens is 2. The molecule has 2 aromatic heterocycles. The van der Waals surface area contributed by atoms with Gasteiger partial charge >= 0.3 is 0 Å². The lowest BCUT2D eigenvalue weighted by atomic mass is 10.1. The van der Waals surface area contributed by atoms with E-state index in [4.69, 9.17) is 4.74 Å². The zero-order valence-electron chi connectivity index (χ0n) is 8.49. The van der Waals surface area contributed by atoms with Crippen LogP contribution in [-0.2, 0) is 4.74 Å². The summed E-state index contributed by atoms with van der Waals surface area (Å²) in [6.07, 6.45) is -0.150. The summed E-state index contributed by atoms with van der Waals surface area (Å²) in [6, 6.07) is 1.28. The molecule has 17 heavy (non-hydrogen) atoms. The van der Waals surface area contributed by atoms with Gasteiger partial charge in [0.1, 0.15) is 12.4 Å². The number of nitrogens with zero attached hydrogens (tertiary/aromatic N) is 5. The number of tetrazole rings is 1. The van der Waals surface area contributed by atoms with Gasteiger partial charge in [-0.05, 0) is 16.5 Å². The smallest absolute Gasteiger partial charge is 0.264 e. The third kappa shape index (κ3) is 1.86. The Kier molecular flexibility index (Phi) is 2.29. The van der Waals surface area contributed by atoms with Crippen molar-refractivity contribution in [2.45, 2.75) is 12.5 Å². The van der Waals surface area contributed by atoms with E-state index in [0.29, 0.717) is 12.2 Å². The summed E-state index contributed by atoms with van der Waals surface area (Å²) < 4.78 is 32.0. The normalized spacial score (nSPS) is 18.6. The molecule has 0 unspecified atom stereocenters. The Labute approximate surface area is 94.2 Å². The lowest BCUT2D eigenvalue weighted by Gasteiger charge is -2.07. The number of epoxide rings is 1. The minimum Gasteiger partial charge on any atom is -0.368 e. The van der Waals surface area contributed by atoms with Crippen LogP contribution in [0.1, 0.15) is 23.7 Å². The van der Waals surface area contributed by atoms with Crippen LogP contribution in [0.2, 0.25) is 0 Å². The summed E-state index contributed by atoms with van der Waals surface area (Å²) in [4.78, 5) is 4.03. The zero-order chi connectivity index (χ0) is 11.8. The van der Waals surface area contributed by atoms with Crippen molar-refractivity contribution in [3.8, 4) is 5.82 Å². The van der Waals surface area contributed by atoms with Gasteiger partial charge in [0.2, 0.25) is 0 Å². The molecule has 0 radical (unpaired) electrons. The maximum absolute atomic E-state index is 12.9. The SMILES string of the molecule is FC(F)c1cc(-n2cnnn2)ncc1[C@@H]1CO1. The average molecular weight is 239 g/mol. The van der Waals surface area contributed by atoms with Crippen molar-refractivity contribution >= 4 is 0 Å². The van der Waals surface area contributed by atoms with Crippen molar-refractivity contribution in [2.75, 3.05) is 6.61 Å². The molecule has 3 heterocycles. The van der Waals surface area contributed by atoms with Crippen molar-refractivity contribution in [1.82, 2.24) is 25.2 Å². The fraction of sp³-hybridized carbons (Fsp3) is 0.333. The molecule has 3 rings (SSSR count). The van der Waals surface area contributed by atoms with Gasteiger partial charge in [0.05, 0.1) is 6.61 Å². The second kappa shape index (κ2) is 3.81. The molecular formula is C9H7F2N5O. The van der Waals surface area contributed by atoms with Crippen molar-refractivity contribution in [3.05, 3.63) is 29.7 Å². The Bertz CT molecular complexity index is 526. The molecule has 0 spiro atoms. The van der Waals surface area contributed by atoms with Crippen LogP contribution in [0.5, 0.6) is 0 Å². The highest BCUT2D eigenvalue weighted by molar-refractivity contribution is 5.36. The first-order valence-electron chi connectivity index (χ1n) is 4.88. The maximum atomic E-state index is 12.9. The van der Waals surface area contributed by atoms with Crippen LogP contribution < -0.4 is 0 Å². The van der Waals surface area contributed by atoms with Gasteiger partial charge in [-0.3, -0.25) is 0 Å². The summed E-state index contributed by atoms with van der Waals surface area (Å²) in [5.74, 6) is 0.259. The molecule has 0 aromatic carbocycles. The Balaban J connectivity index is 2.05. The minimum atomic E-state index is -2.58. The molecule has 0 aliphatic carbocycles. The van der Waals surface area contributed by atoms with E-state index in [1.54, 1.807) is 0 Å². The predicted molar refractivity (Wildman–Crippen MR) is 50.6 cm³/mol. The predicted octanol–water partition coefficient (Wildman–Crippen LogP) is 1.07. The van der Waals surface area contributed by atoms with E-state index in [1.807, 2.05) is 0 Å². The number of rotatable bonds is 3. The Morgan fingerprint density at radius 1 is 1.47 bits per heavy atom. The monoisotopic (exact) mass is 239 g/mol. The van der Waals surface area contributed by atoms with Gasteiger partial charge in [0.25, 0.3) is 6.43 Å². The van der Waals surface area contributed by atoms with E-state index in [0.717, 1.165) is 0 Å². The van der Waals surface area contributed by atoms with Crippen LogP contribution in [0, 0.1) is 0 Å². The van der Waals surface area contributed by atoms with E-state index in [1.165, 1.54) is 23.3 Å². The molecule has 0 bridgehead atoms. The molecule has 8 heteroatoms. The fourth-order valence-corrected chi connectivity index (χ4v) is 1.55. The first-order valence-corrected chi connectivity index (χ1v) is 4.88. The van der Waals surface area contributed by atoms with Gasteiger partial charge in [-0.2, -0.15) is 4.68 Å². The first-order chi connectivity index (χ1) is 8.25. The molecular weight excluding hydrogens is 232 g/mol. The highest BCUT2D eigenvalue weighted by Crippen LogP contribution is 2.36. The molecule has 1 aliphatic rings. The summed E-state index contributed by atoms with van der Waals surface area (Å²) in [7, 11) is 0. The van der Waals surface area contributed by atoms with Gasteiger partial charge in [0, 0.05) is 17.3 Å². The molecule has 2 aromatic rings. The lowest BCUT2D eigenvalue weighted by Crippen LogP contribution is -2.03. The van der Waals surface area contributed by atoms with E-state index in [-0.39, 0.29) is 17.5 Å². The van der Waals surface area contributed by atoms with E-state index in [9.17, 15) is 8.78 Å². The van der Waals surface area contributed by atoms with E-state index < -0.39 is 6.43 Å². The fourth-order valence-electron chi connectivity index (χ4n) is 1.55. The highest BCUT2D eigenvalue weighted by atomic mass is 19.3. The molecule has 88 valence electrons. The second-order valence-electron chi connectivity index (χ2n) is 3.55. The van der Waals surface area contributed by atoms with Crippen LogP contribution in [-0.4, -0.2) is 31.8 Å². The molecule has 0 amide bonds. The molecule has 1 aliphatic heterocycles. The Morgan fingerprint density at radius 3 is 2.88 bits per heavy atom. The van der Waals surface area contributed by atoms with Gasteiger partial charge in [-0.1, -0.05) is 0 Å². The largest absolute Gasteiger partial charge is 0.368 e. The van der Waals surface area contributed by atoms with E-state index >= 15 is 0 Å². The topological polar surface area (TPSA) is 69.0 Å². The van der Waals surface area contributed by atoms with Crippen molar-refractivity contribution in [3.63, 3.8) is 0 Å². The number of pyridine rings is 1. The van der Waals surface area contributed by atoms with E-state index in [2.05, 4.69) is 20.5 Å². The van der Waals surface area contributed by atoms with Crippen LogP contribution in [0.25, 0.3) is 5.82 Å².